The Hall–Kier alpha value is -1.97. The highest BCUT2D eigenvalue weighted by molar-refractivity contribution is 5.93. The summed E-state index contributed by atoms with van der Waals surface area (Å²) in [5, 5.41) is 8.26. The minimum Gasteiger partial charge on any atom is -0.440 e. The zero-order valence-electron chi connectivity index (χ0n) is 7.82. The molecule has 0 aliphatic carbocycles. The molecule has 1 heterocycles. The second kappa shape index (κ2) is 3.06. The third-order valence-corrected chi connectivity index (χ3v) is 2.10. The van der Waals surface area contributed by atoms with E-state index in [1.54, 1.807) is 7.05 Å². The molecule has 0 aliphatic rings. The summed E-state index contributed by atoms with van der Waals surface area (Å²) >= 11 is 0. The Morgan fingerprint density at radius 3 is 2.79 bits per heavy atom. The Morgan fingerprint density at radius 1 is 1.43 bits per heavy atom. The topological polar surface area (TPSA) is 66.2 Å². The molecule has 0 saturated carbocycles. The van der Waals surface area contributed by atoms with Crippen molar-refractivity contribution in [1.29, 1.82) is 5.41 Å². The van der Waals surface area contributed by atoms with E-state index in [2.05, 4.69) is 0 Å². The zero-order chi connectivity index (χ0) is 10.1. The number of para-hydroxylation sites is 1. The lowest BCUT2D eigenvalue weighted by Crippen LogP contribution is -2.32. The van der Waals surface area contributed by atoms with Gasteiger partial charge in [-0.1, -0.05) is 18.2 Å². The average Bonchev–Trinajstić information content (AvgIpc) is 2.59. The standard InChI is InChI=1S/C10H11N3O/c1-13(10(11)12)9-6-7-4-2-3-5-8(7)14-9/h2-6H,1H3,(H3,11,12). The summed E-state index contributed by atoms with van der Waals surface area (Å²) in [6.45, 7) is 0. The molecule has 3 N–H and O–H groups in total. The van der Waals surface area contributed by atoms with Gasteiger partial charge < -0.3 is 10.2 Å². The van der Waals surface area contributed by atoms with Crippen LogP contribution in [0.3, 0.4) is 0 Å². The van der Waals surface area contributed by atoms with Crippen molar-refractivity contribution in [3.8, 4) is 0 Å². The van der Waals surface area contributed by atoms with E-state index in [9.17, 15) is 0 Å². The molecule has 0 aliphatic heterocycles. The fourth-order valence-corrected chi connectivity index (χ4v) is 1.25. The highest BCUT2D eigenvalue weighted by atomic mass is 16.4. The molecule has 1 aromatic carbocycles. The van der Waals surface area contributed by atoms with E-state index < -0.39 is 0 Å². The number of benzene rings is 1. The fourth-order valence-electron chi connectivity index (χ4n) is 1.25. The van der Waals surface area contributed by atoms with Crippen molar-refractivity contribution < 1.29 is 4.42 Å². The van der Waals surface area contributed by atoms with Crippen LogP contribution in [-0.4, -0.2) is 13.0 Å². The number of hydrogen-bond acceptors (Lipinski definition) is 2. The second-order valence-electron chi connectivity index (χ2n) is 3.07. The fraction of sp³-hybridized carbons (Fsp3) is 0.100. The van der Waals surface area contributed by atoms with Crippen LogP contribution in [0.2, 0.25) is 0 Å². The molecule has 0 spiro atoms. The molecular formula is C10H11N3O. The van der Waals surface area contributed by atoms with Gasteiger partial charge in [0, 0.05) is 18.5 Å². The van der Waals surface area contributed by atoms with Crippen molar-refractivity contribution in [2.24, 2.45) is 5.73 Å². The van der Waals surface area contributed by atoms with Crippen LogP contribution in [-0.2, 0) is 0 Å². The number of nitrogens with two attached hydrogens (primary N) is 1. The van der Waals surface area contributed by atoms with Crippen molar-refractivity contribution in [2.75, 3.05) is 11.9 Å². The van der Waals surface area contributed by atoms with E-state index in [0.29, 0.717) is 5.88 Å². The highest BCUT2D eigenvalue weighted by Gasteiger charge is 2.08. The SMILES string of the molecule is CN(C(=N)N)c1cc2ccccc2o1. The van der Waals surface area contributed by atoms with Crippen molar-refractivity contribution in [3.05, 3.63) is 30.3 Å². The van der Waals surface area contributed by atoms with Gasteiger partial charge in [0.2, 0.25) is 5.88 Å². The second-order valence-corrected chi connectivity index (χ2v) is 3.07. The third-order valence-electron chi connectivity index (χ3n) is 2.10. The van der Waals surface area contributed by atoms with Crippen LogP contribution in [0.4, 0.5) is 5.88 Å². The van der Waals surface area contributed by atoms with Crippen molar-refractivity contribution in [1.82, 2.24) is 0 Å². The normalized spacial score (nSPS) is 10.4. The Labute approximate surface area is 81.4 Å². The molecule has 14 heavy (non-hydrogen) atoms. The number of rotatable bonds is 1. The number of furan rings is 1. The quantitative estimate of drug-likeness (QED) is 0.530. The first kappa shape index (κ1) is 8.62. The van der Waals surface area contributed by atoms with Crippen molar-refractivity contribution in [2.45, 2.75) is 0 Å². The molecule has 72 valence electrons. The summed E-state index contributed by atoms with van der Waals surface area (Å²) in [4.78, 5) is 1.49. The van der Waals surface area contributed by atoms with Gasteiger partial charge in [0.05, 0.1) is 0 Å². The van der Waals surface area contributed by atoms with Gasteiger partial charge in [-0.3, -0.25) is 10.3 Å². The van der Waals surface area contributed by atoms with Gasteiger partial charge in [-0.15, -0.1) is 0 Å². The lowest BCUT2D eigenvalue weighted by Gasteiger charge is -2.11. The number of anilines is 1. The maximum Gasteiger partial charge on any atom is 0.203 e. The van der Waals surface area contributed by atoms with Crippen LogP contribution in [0.1, 0.15) is 0 Å². The van der Waals surface area contributed by atoms with Gasteiger partial charge in [0.1, 0.15) is 5.58 Å². The molecule has 0 saturated heterocycles. The molecular weight excluding hydrogens is 178 g/mol. The Morgan fingerprint density at radius 2 is 2.14 bits per heavy atom. The molecule has 0 fully saturated rings. The Kier molecular flexibility index (Phi) is 1.89. The Balaban J connectivity index is 2.50. The van der Waals surface area contributed by atoms with E-state index >= 15 is 0 Å². The summed E-state index contributed by atoms with van der Waals surface area (Å²) in [5.74, 6) is 0.544. The molecule has 2 aromatic rings. The van der Waals surface area contributed by atoms with Crippen LogP contribution in [0.25, 0.3) is 11.0 Å². The first-order chi connectivity index (χ1) is 6.68. The molecule has 0 atom stereocenters. The average molecular weight is 189 g/mol. The molecule has 0 bridgehead atoms. The summed E-state index contributed by atoms with van der Waals surface area (Å²) < 4.78 is 5.50. The molecule has 0 radical (unpaired) electrons. The maximum absolute atomic E-state index is 7.25. The predicted molar refractivity (Wildman–Crippen MR) is 56.5 cm³/mol. The van der Waals surface area contributed by atoms with Crippen molar-refractivity contribution in [3.63, 3.8) is 0 Å². The Bertz CT molecular complexity index is 442. The highest BCUT2D eigenvalue weighted by Crippen LogP contribution is 2.24. The number of fused-ring (bicyclic) bond motifs is 1. The van der Waals surface area contributed by atoms with E-state index in [0.717, 1.165) is 11.0 Å². The minimum atomic E-state index is -0.0379. The predicted octanol–water partition coefficient (Wildman–Crippen LogP) is 1.76. The maximum atomic E-state index is 7.25. The van der Waals surface area contributed by atoms with E-state index in [-0.39, 0.29) is 5.96 Å². The molecule has 0 amide bonds. The smallest absolute Gasteiger partial charge is 0.203 e. The van der Waals surface area contributed by atoms with Crippen molar-refractivity contribution >= 4 is 22.8 Å². The summed E-state index contributed by atoms with van der Waals surface area (Å²) in [6, 6.07) is 9.54. The lowest BCUT2D eigenvalue weighted by atomic mass is 10.3. The van der Waals surface area contributed by atoms with E-state index in [4.69, 9.17) is 15.6 Å². The lowest BCUT2D eigenvalue weighted by molar-refractivity contribution is 0.618. The van der Waals surface area contributed by atoms with Crippen LogP contribution >= 0.6 is 0 Å². The molecule has 4 nitrogen and oxygen atoms in total. The van der Waals surface area contributed by atoms with Gasteiger partial charge in [-0.05, 0) is 6.07 Å². The van der Waals surface area contributed by atoms with Gasteiger partial charge in [0.15, 0.2) is 5.96 Å². The van der Waals surface area contributed by atoms with Crippen LogP contribution in [0.5, 0.6) is 0 Å². The largest absolute Gasteiger partial charge is 0.440 e. The first-order valence-corrected chi connectivity index (χ1v) is 4.25. The molecule has 1 aromatic heterocycles. The van der Waals surface area contributed by atoms with Gasteiger partial charge in [-0.2, -0.15) is 0 Å². The molecule has 2 rings (SSSR count). The van der Waals surface area contributed by atoms with E-state index in [1.165, 1.54) is 4.90 Å². The van der Waals surface area contributed by atoms with Gasteiger partial charge in [-0.25, -0.2) is 0 Å². The molecule has 4 heteroatoms. The van der Waals surface area contributed by atoms with Crippen LogP contribution in [0, 0.1) is 5.41 Å². The summed E-state index contributed by atoms with van der Waals surface area (Å²) in [7, 11) is 1.69. The van der Waals surface area contributed by atoms with E-state index in [1.807, 2.05) is 30.3 Å². The minimum absolute atomic E-state index is 0.0379. The number of nitrogens with one attached hydrogen (secondary N) is 1. The van der Waals surface area contributed by atoms with Gasteiger partial charge >= 0.3 is 0 Å². The zero-order valence-corrected chi connectivity index (χ0v) is 7.82. The van der Waals surface area contributed by atoms with Crippen LogP contribution in [0.15, 0.2) is 34.7 Å². The number of hydrogen-bond donors (Lipinski definition) is 2. The summed E-state index contributed by atoms with van der Waals surface area (Å²) in [6.07, 6.45) is 0. The van der Waals surface area contributed by atoms with Gasteiger partial charge in [0.25, 0.3) is 0 Å². The molecule has 0 unspecified atom stereocenters. The monoisotopic (exact) mass is 189 g/mol. The first-order valence-electron chi connectivity index (χ1n) is 4.25. The third kappa shape index (κ3) is 1.31. The number of guanidine groups is 1. The number of nitrogens with zero attached hydrogens (tertiary/aromatic N) is 1. The summed E-state index contributed by atoms with van der Waals surface area (Å²) in [5.41, 5.74) is 6.14. The van der Waals surface area contributed by atoms with Crippen LogP contribution < -0.4 is 10.6 Å².